The highest BCUT2D eigenvalue weighted by Crippen LogP contribution is 2.31. The van der Waals surface area contributed by atoms with E-state index in [1.807, 2.05) is 55.7 Å². The second-order valence-corrected chi connectivity index (χ2v) is 9.26. The SMILES string of the molecule is CCn1c(SCC(=O)Nc2ccc(Br)c(C)c2C)nnc1-c1cc2cc(Cl)ccc2o1. The lowest BCUT2D eigenvalue weighted by atomic mass is 10.1. The van der Waals surface area contributed by atoms with Gasteiger partial charge in [-0.25, -0.2) is 0 Å². The summed E-state index contributed by atoms with van der Waals surface area (Å²) in [4.78, 5) is 12.5. The molecule has 0 fully saturated rings. The smallest absolute Gasteiger partial charge is 0.234 e. The molecule has 0 spiro atoms. The zero-order chi connectivity index (χ0) is 22.1. The summed E-state index contributed by atoms with van der Waals surface area (Å²) in [6.45, 7) is 6.66. The van der Waals surface area contributed by atoms with Crippen LogP contribution in [0.2, 0.25) is 5.02 Å². The van der Waals surface area contributed by atoms with Crippen molar-refractivity contribution in [1.29, 1.82) is 0 Å². The summed E-state index contributed by atoms with van der Waals surface area (Å²) in [5, 5.41) is 13.8. The van der Waals surface area contributed by atoms with Gasteiger partial charge in [0.2, 0.25) is 11.7 Å². The molecule has 6 nitrogen and oxygen atoms in total. The lowest BCUT2D eigenvalue weighted by Gasteiger charge is -2.12. The number of thioether (sulfide) groups is 1. The van der Waals surface area contributed by atoms with E-state index in [4.69, 9.17) is 16.0 Å². The predicted molar refractivity (Wildman–Crippen MR) is 129 cm³/mol. The lowest BCUT2D eigenvalue weighted by Crippen LogP contribution is -2.15. The highest BCUT2D eigenvalue weighted by atomic mass is 79.9. The van der Waals surface area contributed by atoms with Crippen molar-refractivity contribution in [3.63, 3.8) is 0 Å². The molecule has 160 valence electrons. The van der Waals surface area contributed by atoms with Crippen LogP contribution in [0.4, 0.5) is 5.69 Å². The summed E-state index contributed by atoms with van der Waals surface area (Å²) in [7, 11) is 0. The third-order valence-electron chi connectivity index (χ3n) is 5.06. The Morgan fingerprint density at radius 2 is 2.00 bits per heavy atom. The Kier molecular flexibility index (Phi) is 6.41. The van der Waals surface area contributed by atoms with Crippen LogP contribution in [0.5, 0.6) is 0 Å². The number of rotatable bonds is 6. The zero-order valence-electron chi connectivity index (χ0n) is 17.2. The largest absolute Gasteiger partial charge is 0.453 e. The molecule has 0 aliphatic heterocycles. The molecule has 0 saturated heterocycles. The maximum atomic E-state index is 12.5. The third-order valence-corrected chi connectivity index (χ3v) is 7.12. The van der Waals surface area contributed by atoms with Gasteiger partial charge in [0.05, 0.1) is 5.75 Å². The fraction of sp³-hybridized carbons (Fsp3) is 0.227. The van der Waals surface area contributed by atoms with E-state index in [1.54, 1.807) is 6.07 Å². The quantitative estimate of drug-likeness (QED) is 0.295. The van der Waals surface area contributed by atoms with Gasteiger partial charge in [0, 0.05) is 27.1 Å². The topological polar surface area (TPSA) is 73.0 Å². The number of halogens is 2. The van der Waals surface area contributed by atoms with Gasteiger partial charge in [0.1, 0.15) is 5.58 Å². The lowest BCUT2D eigenvalue weighted by molar-refractivity contribution is -0.113. The van der Waals surface area contributed by atoms with Crippen LogP contribution in [0.3, 0.4) is 0 Å². The third kappa shape index (κ3) is 4.51. The number of amides is 1. The van der Waals surface area contributed by atoms with Crippen molar-refractivity contribution in [2.24, 2.45) is 0 Å². The molecular formula is C22H20BrClN4O2S. The van der Waals surface area contributed by atoms with Crippen LogP contribution in [-0.4, -0.2) is 26.4 Å². The van der Waals surface area contributed by atoms with Crippen molar-refractivity contribution in [3.8, 4) is 11.6 Å². The summed E-state index contributed by atoms with van der Waals surface area (Å²) >= 11 is 10.9. The first-order chi connectivity index (χ1) is 14.9. The van der Waals surface area contributed by atoms with Gasteiger partial charge in [-0.05, 0) is 68.3 Å². The van der Waals surface area contributed by atoms with Gasteiger partial charge in [-0.2, -0.15) is 0 Å². The molecular weight excluding hydrogens is 500 g/mol. The number of fused-ring (bicyclic) bond motifs is 1. The molecule has 1 amide bonds. The minimum absolute atomic E-state index is 0.0968. The summed E-state index contributed by atoms with van der Waals surface area (Å²) in [5.41, 5.74) is 3.69. The molecule has 31 heavy (non-hydrogen) atoms. The van der Waals surface area contributed by atoms with Crippen molar-refractivity contribution >= 4 is 61.9 Å². The van der Waals surface area contributed by atoms with Crippen molar-refractivity contribution in [1.82, 2.24) is 14.8 Å². The van der Waals surface area contributed by atoms with E-state index in [9.17, 15) is 4.79 Å². The molecule has 0 atom stereocenters. The van der Waals surface area contributed by atoms with Gasteiger partial charge in [0.15, 0.2) is 10.9 Å². The van der Waals surface area contributed by atoms with Crippen molar-refractivity contribution in [2.45, 2.75) is 32.5 Å². The summed E-state index contributed by atoms with van der Waals surface area (Å²) in [6, 6.07) is 11.2. The number of nitrogens with one attached hydrogen (secondary N) is 1. The Morgan fingerprint density at radius 1 is 1.19 bits per heavy atom. The molecule has 1 N–H and O–H groups in total. The molecule has 0 aliphatic carbocycles. The molecule has 0 aliphatic rings. The molecule has 4 rings (SSSR count). The van der Waals surface area contributed by atoms with Crippen LogP contribution in [-0.2, 0) is 11.3 Å². The van der Waals surface area contributed by atoms with Crippen molar-refractivity contribution < 1.29 is 9.21 Å². The van der Waals surface area contributed by atoms with E-state index in [0.717, 1.165) is 32.3 Å². The molecule has 0 unspecified atom stereocenters. The predicted octanol–water partition coefficient (Wildman–Crippen LogP) is 6.47. The van der Waals surface area contributed by atoms with Gasteiger partial charge >= 0.3 is 0 Å². The summed E-state index contributed by atoms with van der Waals surface area (Å²) in [5.74, 6) is 1.36. The average Bonchev–Trinajstić information content (AvgIpc) is 3.35. The zero-order valence-corrected chi connectivity index (χ0v) is 20.4. The van der Waals surface area contributed by atoms with Gasteiger partial charge < -0.3 is 9.73 Å². The van der Waals surface area contributed by atoms with E-state index in [0.29, 0.717) is 28.3 Å². The second kappa shape index (κ2) is 9.06. The van der Waals surface area contributed by atoms with E-state index in [2.05, 4.69) is 31.4 Å². The molecule has 0 saturated carbocycles. The Morgan fingerprint density at radius 3 is 2.77 bits per heavy atom. The van der Waals surface area contributed by atoms with E-state index < -0.39 is 0 Å². The minimum atomic E-state index is -0.0968. The van der Waals surface area contributed by atoms with Crippen LogP contribution in [0.15, 0.2) is 50.4 Å². The number of benzene rings is 2. The number of anilines is 1. The maximum Gasteiger partial charge on any atom is 0.234 e. The molecule has 2 heterocycles. The number of nitrogens with zero attached hydrogens (tertiary/aromatic N) is 3. The van der Waals surface area contributed by atoms with E-state index >= 15 is 0 Å². The molecule has 0 radical (unpaired) electrons. The van der Waals surface area contributed by atoms with Gasteiger partial charge in [-0.1, -0.05) is 39.3 Å². The first-order valence-corrected chi connectivity index (χ1v) is 11.8. The normalized spacial score (nSPS) is 11.3. The fourth-order valence-electron chi connectivity index (χ4n) is 3.23. The van der Waals surface area contributed by atoms with Crippen LogP contribution in [0.25, 0.3) is 22.6 Å². The van der Waals surface area contributed by atoms with Crippen LogP contribution < -0.4 is 5.32 Å². The minimum Gasteiger partial charge on any atom is -0.453 e. The molecule has 0 bridgehead atoms. The maximum absolute atomic E-state index is 12.5. The Balaban J connectivity index is 1.50. The van der Waals surface area contributed by atoms with Crippen LogP contribution in [0, 0.1) is 13.8 Å². The number of carbonyl (C=O) groups excluding carboxylic acids is 1. The number of furan rings is 1. The van der Waals surface area contributed by atoms with E-state index in [1.165, 1.54) is 11.8 Å². The Hall–Kier alpha value is -2.29. The summed E-state index contributed by atoms with van der Waals surface area (Å²) < 4.78 is 8.89. The first kappa shape index (κ1) is 21.9. The van der Waals surface area contributed by atoms with E-state index in [-0.39, 0.29) is 11.7 Å². The van der Waals surface area contributed by atoms with Gasteiger partial charge in [-0.15, -0.1) is 10.2 Å². The highest BCUT2D eigenvalue weighted by molar-refractivity contribution is 9.10. The molecule has 9 heteroatoms. The fourth-order valence-corrected chi connectivity index (χ4v) is 4.64. The average molecular weight is 520 g/mol. The van der Waals surface area contributed by atoms with Crippen LogP contribution >= 0.6 is 39.3 Å². The standard InChI is InChI=1S/C22H20BrClN4O2S/c1-4-28-21(19-10-14-9-15(24)5-8-18(14)30-19)26-27-22(28)31-11-20(29)25-17-7-6-16(23)12(2)13(17)3/h5-10H,4,11H2,1-3H3,(H,25,29). The molecule has 2 aromatic carbocycles. The molecule has 4 aromatic rings. The number of hydrogen-bond acceptors (Lipinski definition) is 5. The highest BCUT2D eigenvalue weighted by Gasteiger charge is 2.18. The van der Waals surface area contributed by atoms with Gasteiger partial charge in [0.25, 0.3) is 0 Å². The van der Waals surface area contributed by atoms with Gasteiger partial charge in [-0.3, -0.25) is 9.36 Å². The number of hydrogen-bond donors (Lipinski definition) is 1. The monoisotopic (exact) mass is 518 g/mol. The summed E-state index contributed by atoms with van der Waals surface area (Å²) in [6.07, 6.45) is 0. The number of aromatic nitrogens is 3. The van der Waals surface area contributed by atoms with Crippen LogP contribution in [0.1, 0.15) is 18.1 Å². The Labute approximate surface area is 197 Å². The molecule has 2 aromatic heterocycles. The first-order valence-electron chi connectivity index (χ1n) is 9.68. The Bertz CT molecular complexity index is 1280. The number of carbonyl (C=O) groups is 1. The second-order valence-electron chi connectivity index (χ2n) is 7.03. The van der Waals surface area contributed by atoms with Crippen molar-refractivity contribution in [2.75, 3.05) is 11.1 Å². The van der Waals surface area contributed by atoms with Crippen molar-refractivity contribution in [3.05, 3.63) is 57.0 Å².